The van der Waals surface area contributed by atoms with E-state index in [1.807, 2.05) is 4.90 Å². The topological polar surface area (TPSA) is 99.2 Å². The Kier molecular flexibility index (Phi) is 4.77. The molecule has 2 aliphatic rings. The van der Waals surface area contributed by atoms with Crippen molar-refractivity contribution in [1.82, 2.24) is 31.0 Å². The first-order chi connectivity index (χ1) is 11.5. The normalized spacial score (nSPS) is 26.2. The molecule has 0 bridgehead atoms. The minimum atomic E-state index is -0.0951. The summed E-state index contributed by atoms with van der Waals surface area (Å²) in [5, 5.41) is 2.74. The van der Waals surface area contributed by atoms with E-state index in [1.54, 1.807) is 13.2 Å². The van der Waals surface area contributed by atoms with Crippen molar-refractivity contribution in [3.05, 3.63) is 24.3 Å². The van der Waals surface area contributed by atoms with E-state index in [2.05, 4.69) is 33.1 Å². The molecule has 2 saturated heterocycles. The van der Waals surface area contributed by atoms with Gasteiger partial charge in [-0.05, 0) is 18.3 Å². The van der Waals surface area contributed by atoms with Gasteiger partial charge in [-0.2, -0.15) is 0 Å². The third-order valence-corrected chi connectivity index (χ3v) is 5.29. The molecule has 130 valence electrons. The maximum atomic E-state index is 12.5. The fourth-order valence-electron chi connectivity index (χ4n) is 3.69. The number of hydrazine groups is 1. The highest BCUT2D eigenvalue weighted by molar-refractivity contribution is 5.92. The zero-order valence-electron chi connectivity index (χ0n) is 14.1. The first-order valence-corrected chi connectivity index (χ1v) is 8.30. The Morgan fingerprint density at radius 3 is 2.71 bits per heavy atom. The van der Waals surface area contributed by atoms with Crippen LogP contribution in [0, 0.1) is 11.3 Å². The number of carbonyl (C=O) groups is 2. The number of piperidine rings is 1. The number of rotatable bonds is 3. The van der Waals surface area contributed by atoms with E-state index in [9.17, 15) is 9.59 Å². The maximum Gasteiger partial charge on any atom is 0.274 e. The third-order valence-electron chi connectivity index (χ3n) is 5.29. The highest BCUT2D eigenvalue weighted by atomic mass is 16.2. The molecule has 2 fully saturated rings. The summed E-state index contributed by atoms with van der Waals surface area (Å²) in [6.07, 6.45) is 6.27. The summed E-state index contributed by atoms with van der Waals surface area (Å²) in [5.74, 6) is -0.121. The summed E-state index contributed by atoms with van der Waals surface area (Å²) >= 11 is 0. The van der Waals surface area contributed by atoms with Crippen LogP contribution in [0.25, 0.3) is 0 Å². The van der Waals surface area contributed by atoms with E-state index in [0.717, 1.165) is 12.8 Å². The van der Waals surface area contributed by atoms with Crippen molar-refractivity contribution < 1.29 is 9.59 Å². The van der Waals surface area contributed by atoms with Crippen LogP contribution in [0.4, 0.5) is 0 Å². The molecule has 2 aliphatic heterocycles. The predicted octanol–water partition coefficient (Wildman–Crippen LogP) is -0.442. The van der Waals surface area contributed by atoms with E-state index < -0.39 is 0 Å². The van der Waals surface area contributed by atoms with Crippen LogP contribution in [0.5, 0.6) is 0 Å². The lowest BCUT2D eigenvalue weighted by atomic mass is 9.70. The minimum Gasteiger partial charge on any atom is -0.359 e. The fraction of sp³-hybridized carbons (Fsp3) is 0.625. The van der Waals surface area contributed by atoms with Crippen LogP contribution < -0.4 is 16.2 Å². The molecule has 3 rings (SSSR count). The first kappa shape index (κ1) is 16.8. The molecule has 2 atom stereocenters. The van der Waals surface area contributed by atoms with Gasteiger partial charge >= 0.3 is 0 Å². The van der Waals surface area contributed by atoms with Crippen molar-refractivity contribution in [2.24, 2.45) is 11.3 Å². The van der Waals surface area contributed by atoms with Gasteiger partial charge in [-0.25, -0.2) is 4.98 Å². The van der Waals surface area contributed by atoms with Gasteiger partial charge in [-0.1, -0.05) is 6.92 Å². The smallest absolute Gasteiger partial charge is 0.274 e. The Bertz CT molecular complexity index is 600. The molecule has 3 N–H and O–H groups in total. The predicted molar refractivity (Wildman–Crippen MR) is 87.8 cm³/mol. The Balaban J connectivity index is 1.65. The summed E-state index contributed by atoms with van der Waals surface area (Å²) in [6, 6.07) is 0.0613. The third kappa shape index (κ3) is 3.11. The van der Waals surface area contributed by atoms with Crippen molar-refractivity contribution in [3.63, 3.8) is 0 Å². The van der Waals surface area contributed by atoms with Gasteiger partial charge in [0.15, 0.2) is 0 Å². The van der Waals surface area contributed by atoms with Crippen LogP contribution >= 0.6 is 0 Å². The number of amides is 2. The molecular weight excluding hydrogens is 308 g/mol. The molecule has 2 amide bonds. The summed E-state index contributed by atoms with van der Waals surface area (Å²) in [5.41, 5.74) is 6.72. The van der Waals surface area contributed by atoms with Crippen LogP contribution in [0.3, 0.4) is 0 Å². The van der Waals surface area contributed by atoms with Gasteiger partial charge < -0.3 is 10.2 Å². The first-order valence-electron chi connectivity index (χ1n) is 8.30. The Hall–Kier alpha value is -2.06. The number of nitrogens with one attached hydrogen (secondary N) is 3. The van der Waals surface area contributed by atoms with E-state index in [4.69, 9.17) is 0 Å². The molecule has 0 aromatic carbocycles. The van der Waals surface area contributed by atoms with Crippen LogP contribution in [-0.2, 0) is 4.79 Å². The average molecular weight is 332 g/mol. The quantitative estimate of drug-likeness (QED) is 0.694. The van der Waals surface area contributed by atoms with Crippen LogP contribution in [0.2, 0.25) is 0 Å². The maximum absolute atomic E-state index is 12.5. The number of carbonyl (C=O) groups excluding carboxylic acids is 2. The van der Waals surface area contributed by atoms with Crippen molar-refractivity contribution >= 4 is 11.8 Å². The molecule has 0 radical (unpaired) electrons. The lowest BCUT2D eigenvalue weighted by Gasteiger charge is -2.44. The molecule has 1 aromatic rings. The number of nitrogens with zero attached hydrogens (tertiary/aromatic N) is 3. The van der Waals surface area contributed by atoms with Crippen LogP contribution in [-0.4, -0.2) is 59.4 Å². The summed E-state index contributed by atoms with van der Waals surface area (Å²) in [6.45, 7) is 4.13. The molecule has 8 nitrogen and oxygen atoms in total. The van der Waals surface area contributed by atoms with Gasteiger partial charge in [-0.15, -0.1) is 0 Å². The van der Waals surface area contributed by atoms with Gasteiger partial charge in [0, 0.05) is 45.1 Å². The van der Waals surface area contributed by atoms with Gasteiger partial charge in [0.1, 0.15) is 5.69 Å². The van der Waals surface area contributed by atoms with E-state index in [0.29, 0.717) is 25.3 Å². The number of likely N-dealkylation sites (tertiary alicyclic amines) is 1. The SMILES string of the molecule is CNC(=O)C1CNNC1C1(C)CCN(C(=O)c2cnccn2)CC1. The highest BCUT2D eigenvalue weighted by Crippen LogP contribution is 2.38. The Morgan fingerprint density at radius 2 is 2.08 bits per heavy atom. The molecule has 0 saturated carbocycles. The lowest BCUT2D eigenvalue weighted by Crippen LogP contribution is -2.54. The van der Waals surface area contributed by atoms with E-state index >= 15 is 0 Å². The number of aromatic nitrogens is 2. The second-order valence-electron chi connectivity index (χ2n) is 6.76. The second-order valence-corrected chi connectivity index (χ2v) is 6.76. The van der Waals surface area contributed by atoms with Gasteiger partial charge in [0.25, 0.3) is 5.91 Å². The molecule has 2 unspecified atom stereocenters. The van der Waals surface area contributed by atoms with Crippen molar-refractivity contribution in [2.45, 2.75) is 25.8 Å². The van der Waals surface area contributed by atoms with E-state index in [-0.39, 0.29) is 29.2 Å². The zero-order valence-corrected chi connectivity index (χ0v) is 14.1. The van der Waals surface area contributed by atoms with Crippen LogP contribution in [0.1, 0.15) is 30.3 Å². The molecule has 1 aromatic heterocycles. The summed E-state index contributed by atoms with van der Waals surface area (Å²) in [4.78, 5) is 34.4. The molecule has 24 heavy (non-hydrogen) atoms. The van der Waals surface area contributed by atoms with Gasteiger partial charge in [0.05, 0.1) is 12.1 Å². The monoisotopic (exact) mass is 332 g/mol. The Labute approximate surface area is 141 Å². The summed E-state index contributed by atoms with van der Waals surface area (Å²) in [7, 11) is 1.67. The fourth-order valence-corrected chi connectivity index (χ4v) is 3.69. The van der Waals surface area contributed by atoms with Gasteiger partial charge in [-0.3, -0.25) is 25.4 Å². The van der Waals surface area contributed by atoms with Crippen molar-refractivity contribution in [1.29, 1.82) is 0 Å². The largest absolute Gasteiger partial charge is 0.359 e. The van der Waals surface area contributed by atoms with Crippen molar-refractivity contribution in [2.75, 3.05) is 26.7 Å². The van der Waals surface area contributed by atoms with E-state index in [1.165, 1.54) is 12.4 Å². The number of hydrogen-bond acceptors (Lipinski definition) is 6. The highest BCUT2D eigenvalue weighted by Gasteiger charge is 2.46. The molecule has 3 heterocycles. The van der Waals surface area contributed by atoms with Gasteiger partial charge in [0.2, 0.25) is 5.91 Å². The minimum absolute atomic E-state index is 0.0418. The molecule has 0 spiro atoms. The van der Waals surface area contributed by atoms with Crippen LogP contribution in [0.15, 0.2) is 18.6 Å². The standard InChI is InChI=1S/C16H24N6O2/c1-16(13-11(9-20-21-13)14(23)17-2)3-7-22(8-4-16)15(24)12-10-18-5-6-19-12/h5-6,10-11,13,20-21H,3-4,7-9H2,1-2H3,(H,17,23). The number of hydrogen-bond donors (Lipinski definition) is 3. The van der Waals surface area contributed by atoms with Crippen molar-refractivity contribution in [3.8, 4) is 0 Å². The Morgan fingerprint density at radius 1 is 1.33 bits per heavy atom. The molecular formula is C16H24N6O2. The average Bonchev–Trinajstić information content (AvgIpc) is 3.12. The molecule has 0 aliphatic carbocycles. The summed E-state index contributed by atoms with van der Waals surface area (Å²) < 4.78 is 0. The zero-order chi connectivity index (χ0) is 17.2. The molecule has 8 heteroatoms. The second kappa shape index (κ2) is 6.82. The lowest BCUT2D eigenvalue weighted by molar-refractivity contribution is -0.125.